The highest BCUT2D eigenvalue weighted by Crippen LogP contribution is 2.36. The molecule has 1 saturated heterocycles. The molecule has 0 aromatic carbocycles. The molecule has 158 valence electrons. The topological polar surface area (TPSA) is 69.5 Å². The van der Waals surface area contributed by atoms with Crippen LogP contribution in [0.4, 0.5) is 0 Å². The second-order valence-electron chi connectivity index (χ2n) is 8.46. The summed E-state index contributed by atoms with van der Waals surface area (Å²) in [5.41, 5.74) is 1.71. The molecule has 0 bridgehead atoms. The maximum Gasteiger partial charge on any atom is 0.222 e. The number of aryl methyl sites for hydroxylation is 1. The molecule has 1 aliphatic heterocycles. The molecule has 0 unspecified atom stereocenters. The maximum atomic E-state index is 12.8. The van der Waals surface area contributed by atoms with Crippen molar-refractivity contribution in [1.82, 2.24) is 19.4 Å². The first-order chi connectivity index (χ1) is 14.1. The zero-order valence-electron chi connectivity index (χ0n) is 17.6. The Morgan fingerprint density at radius 3 is 3.00 bits per heavy atom. The lowest BCUT2D eigenvalue weighted by atomic mass is 9.99. The van der Waals surface area contributed by atoms with Gasteiger partial charge in [-0.05, 0) is 38.3 Å². The van der Waals surface area contributed by atoms with E-state index in [4.69, 9.17) is 14.5 Å². The van der Waals surface area contributed by atoms with Gasteiger partial charge in [0, 0.05) is 39.2 Å². The molecular formula is C22H32N4O3. The summed E-state index contributed by atoms with van der Waals surface area (Å²) in [5, 5.41) is 0. The molecule has 0 radical (unpaired) electrons. The molecule has 3 heterocycles. The van der Waals surface area contributed by atoms with E-state index in [0.29, 0.717) is 26.2 Å². The number of fused-ring (bicyclic) bond motifs is 1. The average molecular weight is 401 g/mol. The summed E-state index contributed by atoms with van der Waals surface area (Å²) in [5.74, 6) is 1.22. The predicted molar refractivity (Wildman–Crippen MR) is 111 cm³/mol. The van der Waals surface area contributed by atoms with Crippen molar-refractivity contribution >= 4 is 17.1 Å². The molecule has 7 heteroatoms. The van der Waals surface area contributed by atoms with Crippen LogP contribution < -0.4 is 0 Å². The van der Waals surface area contributed by atoms with Gasteiger partial charge in [0.1, 0.15) is 11.3 Å². The Hall–Kier alpha value is -1.99. The zero-order valence-corrected chi connectivity index (χ0v) is 17.6. The highest BCUT2D eigenvalue weighted by molar-refractivity contribution is 5.76. The third-order valence-electron chi connectivity index (χ3n) is 6.28. The first kappa shape index (κ1) is 20.3. The van der Waals surface area contributed by atoms with Gasteiger partial charge in [-0.15, -0.1) is 0 Å². The largest absolute Gasteiger partial charge is 0.383 e. The van der Waals surface area contributed by atoms with Crippen molar-refractivity contribution < 1.29 is 14.3 Å². The average Bonchev–Trinajstić information content (AvgIpc) is 3.32. The van der Waals surface area contributed by atoms with Crippen LogP contribution >= 0.6 is 0 Å². The van der Waals surface area contributed by atoms with E-state index in [2.05, 4.69) is 16.5 Å². The van der Waals surface area contributed by atoms with Crippen molar-refractivity contribution in [3.05, 3.63) is 24.2 Å². The number of carbonyl (C=O) groups is 1. The first-order valence-corrected chi connectivity index (χ1v) is 10.8. The number of aromatic nitrogens is 3. The number of rotatable bonds is 7. The predicted octanol–water partition coefficient (Wildman–Crippen LogP) is 3.13. The molecule has 1 amide bonds. The van der Waals surface area contributed by atoms with E-state index in [1.54, 1.807) is 13.3 Å². The first-order valence-electron chi connectivity index (χ1n) is 10.8. The summed E-state index contributed by atoms with van der Waals surface area (Å²) >= 11 is 0. The molecule has 0 N–H and O–H groups in total. The van der Waals surface area contributed by atoms with E-state index < -0.39 is 0 Å². The molecule has 2 aromatic rings. The smallest absolute Gasteiger partial charge is 0.222 e. The SMILES string of the molecule is COC[C@H](C)n1c(CCCC(=O)N2CCOC3(CCCC3)C2)nc2cccnc21. The summed E-state index contributed by atoms with van der Waals surface area (Å²) in [6.07, 6.45) is 8.49. The van der Waals surface area contributed by atoms with Gasteiger partial charge < -0.3 is 18.9 Å². The van der Waals surface area contributed by atoms with E-state index in [1.807, 2.05) is 17.0 Å². The van der Waals surface area contributed by atoms with Crippen LogP contribution in [-0.2, 0) is 20.7 Å². The van der Waals surface area contributed by atoms with Crippen LogP contribution in [0, 0.1) is 0 Å². The standard InChI is InChI=1S/C22H32N4O3/c1-17(15-28-2)26-19(24-18-7-6-12-23-21(18)26)8-5-9-20(27)25-13-14-29-22(16-25)10-3-4-11-22/h6-7,12,17H,3-5,8-11,13-16H2,1-2H3/t17-/m0/s1. The molecular weight excluding hydrogens is 368 g/mol. The van der Waals surface area contributed by atoms with Crippen molar-refractivity contribution in [2.75, 3.05) is 33.4 Å². The second-order valence-corrected chi connectivity index (χ2v) is 8.46. The summed E-state index contributed by atoms with van der Waals surface area (Å²) in [6.45, 7) is 4.86. The minimum atomic E-state index is -0.0663. The van der Waals surface area contributed by atoms with Gasteiger partial charge in [-0.2, -0.15) is 0 Å². The molecule has 4 rings (SSSR count). The van der Waals surface area contributed by atoms with Crippen molar-refractivity contribution in [1.29, 1.82) is 0 Å². The van der Waals surface area contributed by atoms with E-state index in [1.165, 1.54) is 12.8 Å². The van der Waals surface area contributed by atoms with Crippen molar-refractivity contribution in [2.24, 2.45) is 0 Å². The van der Waals surface area contributed by atoms with Gasteiger partial charge in [0.25, 0.3) is 0 Å². The van der Waals surface area contributed by atoms with Crippen LogP contribution in [0.15, 0.2) is 18.3 Å². The lowest BCUT2D eigenvalue weighted by molar-refractivity contribution is -0.149. The molecule has 29 heavy (non-hydrogen) atoms. The molecule has 1 saturated carbocycles. The third-order valence-corrected chi connectivity index (χ3v) is 6.28. The lowest BCUT2D eigenvalue weighted by Gasteiger charge is -2.40. The zero-order chi connectivity index (χ0) is 20.3. The Balaban J connectivity index is 1.39. The second kappa shape index (κ2) is 8.79. The van der Waals surface area contributed by atoms with Gasteiger partial charge in [0.15, 0.2) is 5.65 Å². The number of methoxy groups -OCH3 is 1. The molecule has 2 fully saturated rings. The van der Waals surface area contributed by atoms with Gasteiger partial charge in [0.2, 0.25) is 5.91 Å². The minimum absolute atomic E-state index is 0.0663. The number of carbonyl (C=O) groups excluding carboxylic acids is 1. The molecule has 1 spiro atoms. The summed E-state index contributed by atoms with van der Waals surface area (Å²) in [4.78, 5) is 24.2. The van der Waals surface area contributed by atoms with E-state index in [9.17, 15) is 4.79 Å². The fraction of sp³-hybridized carbons (Fsp3) is 0.682. The quantitative estimate of drug-likeness (QED) is 0.714. The highest BCUT2D eigenvalue weighted by Gasteiger charge is 2.40. The Morgan fingerprint density at radius 1 is 1.38 bits per heavy atom. The number of hydrogen-bond acceptors (Lipinski definition) is 5. The van der Waals surface area contributed by atoms with Gasteiger partial charge in [-0.1, -0.05) is 12.8 Å². The summed E-state index contributed by atoms with van der Waals surface area (Å²) in [7, 11) is 1.71. The van der Waals surface area contributed by atoms with Crippen LogP contribution in [0.3, 0.4) is 0 Å². The number of morpholine rings is 1. The Kier molecular flexibility index (Phi) is 6.15. The van der Waals surface area contributed by atoms with Crippen LogP contribution in [0.25, 0.3) is 11.2 Å². The number of pyridine rings is 1. The van der Waals surface area contributed by atoms with Crippen LogP contribution in [0.2, 0.25) is 0 Å². The van der Waals surface area contributed by atoms with E-state index >= 15 is 0 Å². The molecule has 1 aliphatic carbocycles. The van der Waals surface area contributed by atoms with E-state index in [0.717, 1.165) is 49.2 Å². The minimum Gasteiger partial charge on any atom is -0.383 e. The van der Waals surface area contributed by atoms with Crippen LogP contribution in [-0.4, -0.2) is 64.4 Å². The van der Waals surface area contributed by atoms with Gasteiger partial charge in [0.05, 0.1) is 24.9 Å². The van der Waals surface area contributed by atoms with Crippen molar-refractivity contribution in [2.45, 2.75) is 63.5 Å². The molecule has 2 aromatic heterocycles. The van der Waals surface area contributed by atoms with Crippen molar-refractivity contribution in [3.63, 3.8) is 0 Å². The fourth-order valence-corrected chi connectivity index (χ4v) is 4.87. The molecule has 2 aliphatic rings. The van der Waals surface area contributed by atoms with Crippen LogP contribution in [0.5, 0.6) is 0 Å². The maximum absolute atomic E-state index is 12.8. The number of imidazole rings is 1. The third kappa shape index (κ3) is 4.31. The summed E-state index contributed by atoms with van der Waals surface area (Å²) < 4.78 is 13.6. The molecule has 7 nitrogen and oxygen atoms in total. The van der Waals surface area contributed by atoms with Gasteiger partial charge in [-0.25, -0.2) is 9.97 Å². The Labute approximate surface area is 172 Å². The van der Waals surface area contributed by atoms with Gasteiger partial charge in [-0.3, -0.25) is 4.79 Å². The summed E-state index contributed by atoms with van der Waals surface area (Å²) in [6, 6.07) is 4.04. The number of hydrogen-bond donors (Lipinski definition) is 0. The Morgan fingerprint density at radius 2 is 2.21 bits per heavy atom. The fourth-order valence-electron chi connectivity index (χ4n) is 4.87. The number of amides is 1. The number of ether oxygens (including phenoxy) is 2. The van der Waals surface area contributed by atoms with Crippen LogP contribution in [0.1, 0.15) is 57.3 Å². The Bertz CT molecular complexity index is 844. The van der Waals surface area contributed by atoms with Crippen molar-refractivity contribution in [3.8, 4) is 0 Å². The normalized spacial score (nSPS) is 19.9. The highest BCUT2D eigenvalue weighted by atomic mass is 16.5. The van der Waals surface area contributed by atoms with E-state index in [-0.39, 0.29) is 17.6 Å². The number of nitrogens with zero attached hydrogens (tertiary/aromatic N) is 4. The lowest BCUT2D eigenvalue weighted by Crippen LogP contribution is -2.52. The molecule has 1 atom stereocenters. The monoisotopic (exact) mass is 400 g/mol. The van der Waals surface area contributed by atoms with Gasteiger partial charge >= 0.3 is 0 Å².